The van der Waals surface area contributed by atoms with Crippen molar-refractivity contribution < 1.29 is 0 Å². The number of rotatable bonds is 3. The molecule has 0 radical (unpaired) electrons. The Labute approximate surface area is 130 Å². The standard InChI is InChI=1S/C16H22N6/c1-2-20-5-7-21(8-6-20)13-10-22(11-13)16-14-3-4-17-9-15(14)18-12-19-16/h3-4,9,12-13H,2,5-8,10-11H2,1H3. The molecule has 22 heavy (non-hydrogen) atoms. The third-order valence-electron chi connectivity index (χ3n) is 4.95. The minimum atomic E-state index is 0.672. The van der Waals surface area contributed by atoms with Gasteiger partial charge in [0.1, 0.15) is 12.1 Å². The van der Waals surface area contributed by atoms with Gasteiger partial charge in [0.05, 0.1) is 11.7 Å². The zero-order chi connectivity index (χ0) is 14.9. The van der Waals surface area contributed by atoms with Gasteiger partial charge in [-0.1, -0.05) is 6.92 Å². The third kappa shape index (κ3) is 2.42. The van der Waals surface area contributed by atoms with Crippen molar-refractivity contribution >= 4 is 16.7 Å². The zero-order valence-corrected chi connectivity index (χ0v) is 13.0. The minimum Gasteiger partial charge on any atom is -0.353 e. The molecule has 0 unspecified atom stereocenters. The predicted molar refractivity (Wildman–Crippen MR) is 87.0 cm³/mol. The number of nitrogens with zero attached hydrogens (tertiary/aromatic N) is 6. The molecule has 0 aliphatic carbocycles. The molecule has 0 saturated carbocycles. The predicted octanol–water partition coefficient (Wildman–Crippen LogP) is 0.851. The highest BCUT2D eigenvalue weighted by Crippen LogP contribution is 2.28. The van der Waals surface area contributed by atoms with Crippen LogP contribution in [0, 0.1) is 0 Å². The molecule has 0 spiro atoms. The average Bonchev–Trinajstić information content (AvgIpc) is 2.54. The lowest BCUT2D eigenvalue weighted by Gasteiger charge is -2.48. The molecule has 2 fully saturated rings. The monoisotopic (exact) mass is 298 g/mol. The van der Waals surface area contributed by atoms with E-state index in [4.69, 9.17) is 0 Å². The van der Waals surface area contributed by atoms with Crippen LogP contribution in [0.4, 0.5) is 5.82 Å². The van der Waals surface area contributed by atoms with Gasteiger partial charge in [-0.05, 0) is 12.6 Å². The molecule has 2 aromatic rings. The molecule has 4 heterocycles. The molecule has 0 bridgehead atoms. The van der Waals surface area contributed by atoms with E-state index in [1.807, 2.05) is 18.5 Å². The minimum absolute atomic E-state index is 0.672. The third-order valence-corrected chi connectivity index (χ3v) is 4.95. The molecule has 4 rings (SSSR count). The van der Waals surface area contributed by atoms with Crippen molar-refractivity contribution in [3.63, 3.8) is 0 Å². The lowest BCUT2D eigenvalue weighted by Crippen LogP contribution is -2.63. The van der Waals surface area contributed by atoms with Crippen LogP contribution in [0.1, 0.15) is 6.92 Å². The number of anilines is 1. The Bertz CT molecular complexity index is 641. The Morgan fingerprint density at radius 2 is 1.95 bits per heavy atom. The van der Waals surface area contributed by atoms with Gasteiger partial charge in [0, 0.05) is 56.9 Å². The number of fused-ring (bicyclic) bond motifs is 1. The van der Waals surface area contributed by atoms with Crippen LogP contribution < -0.4 is 4.90 Å². The largest absolute Gasteiger partial charge is 0.353 e. The number of hydrogen-bond donors (Lipinski definition) is 0. The topological polar surface area (TPSA) is 48.4 Å². The van der Waals surface area contributed by atoms with E-state index >= 15 is 0 Å². The first kappa shape index (κ1) is 13.8. The molecule has 0 N–H and O–H groups in total. The summed E-state index contributed by atoms with van der Waals surface area (Å²) in [5.41, 5.74) is 0.924. The molecule has 116 valence electrons. The Hall–Kier alpha value is -1.79. The number of pyridine rings is 1. The molecular weight excluding hydrogens is 276 g/mol. The smallest absolute Gasteiger partial charge is 0.140 e. The fourth-order valence-electron chi connectivity index (χ4n) is 3.45. The fourth-order valence-corrected chi connectivity index (χ4v) is 3.45. The highest BCUT2D eigenvalue weighted by Gasteiger charge is 2.34. The second-order valence-corrected chi connectivity index (χ2v) is 6.12. The van der Waals surface area contributed by atoms with Gasteiger partial charge in [-0.15, -0.1) is 0 Å². The first-order valence-electron chi connectivity index (χ1n) is 8.11. The number of piperazine rings is 1. The van der Waals surface area contributed by atoms with Gasteiger partial charge in [-0.25, -0.2) is 9.97 Å². The molecule has 2 aliphatic rings. The SMILES string of the molecule is CCN1CCN(C2CN(c3ncnc4cnccc34)C2)CC1. The maximum atomic E-state index is 4.49. The van der Waals surface area contributed by atoms with Crippen molar-refractivity contribution in [2.24, 2.45) is 0 Å². The summed E-state index contributed by atoms with van der Waals surface area (Å²) in [6.45, 7) is 10.4. The van der Waals surface area contributed by atoms with Gasteiger partial charge in [0.15, 0.2) is 0 Å². The lowest BCUT2D eigenvalue weighted by molar-refractivity contribution is 0.0860. The number of likely N-dealkylation sites (N-methyl/N-ethyl adjacent to an activating group) is 1. The molecule has 6 heteroatoms. The van der Waals surface area contributed by atoms with Crippen LogP contribution >= 0.6 is 0 Å². The van der Waals surface area contributed by atoms with E-state index in [2.05, 4.69) is 36.6 Å². The first-order chi connectivity index (χ1) is 10.8. The number of aromatic nitrogens is 3. The molecule has 2 saturated heterocycles. The molecule has 2 aromatic heterocycles. The van der Waals surface area contributed by atoms with E-state index in [1.165, 1.54) is 32.7 Å². The molecular formula is C16H22N6. The van der Waals surface area contributed by atoms with Crippen molar-refractivity contribution in [1.82, 2.24) is 24.8 Å². The van der Waals surface area contributed by atoms with Crippen LogP contribution in [0.3, 0.4) is 0 Å². The van der Waals surface area contributed by atoms with Gasteiger partial charge >= 0.3 is 0 Å². The average molecular weight is 298 g/mol. The highest BCUT2D eigenvalue weighted by molar-refractivity contribution is 5.88. The second kappa shape index (κ2) is 5.78. The Morgan fingerprint density at radius 1 is 1.14 bits per heavy atom. The van der Waals surface area contributed by atoms with E-state index in [1.54, 1.807) is 6.33 Å². The van der Waals surface area contributed by atoms with Gasteiger partial charge in [0.2, 0.25) is 0 Å². The fraction of sp³-hybridized carbons (Fsp3) is 0.562. The maximum Gasteiger partial charge on any atom is 0.140 e. The van der Waals surface area contributed by atoms with Crippen molar-refractivity contribution in [1.29, 1.82) is 0 Å². The maximum absolute atomic E-state index is 4.49. The van der Waals surface area contributed by atoms with Crippen LogP contribution in [-0.2, 0) is 0 Å². The van der Waals surface area contributed by atoms with Crippen molar-refractivity contribution in [2.75, 3.05) is 50.7 Å². The Balaban J connectivity index is 1.43. The summed E-state index contributed by atoms with van der Waals surface area (Å²) in [7, 11) is 0. The summed E-state index contributed by atoms with van der Waals surface area (Å²) in [5.74, 6) is 1.05. The molecule has 6 nitrogen and oxygen atoms in total. The van der Waals surface area contributed by atoms with E-state index in [-0.39, 0.29) is 0 Å². The molecule has 2 aliphatic heterocycles. The van der Waals surface area contributed by atoms with Crippen LogP contribution in [0.2, 0.25) is 0 Å². The summed E-state index contributed by atoms with van der Waals surface area (Å²) in [6.07, 6.45) is 5.27. The van der Waals surface area contributed by atoms with Gasteiger partial charge in [0.25, 0.3) is 0 Å². The summed E-state index contributed by atoms with van der Waals surface area (Å²) < 4.78 is 0. The van der Waals surface area contributed by atoms with Crippen molar-refractivity contribution in [3.8, 4) is 0 Å². The highest BCUT2D eigenvalue weighted by atomic mass is 15.4. The van der Waals surface area contributed by atoms with E-state index < -0.39 is 0 Å². The normalized spacial score (nSPS) is 21.2. The van der Waals surface area contributed by atoms with Gasteiger partial charge < -0.3 is 9.80 Å². The van der Waals surface area contributed by atoms with Crippen LogP contribution in [-0.4, -0.2) is 76.6 Å². The van der Waals surface area contributed by atoms with Crippen molar-refractivity contribution in [2.45, 2.75) is 13.0 Å². The lowest BCUT2D eigenvalue weighted by atomic mass is 10.1. The zero-order valence-electron chi connectivity index (χ0n) is 13.0. The Morgan fingerprint density at radius 3 is 2.73 bits per heavy atom. The van der Waals surface area contributed by atoms with Crippen LogP contribution in [0.15, 0.2) is 24.8 Å². The summed E-state index contributed by atoms with van der Waals surface area (Å²) in [5, 5.41) is 1.10. The number of hydrogen-bond acceptors (Lipinski definition) is 6. The molecule has 0 aromatic carbocycles. The van der Waals surface area contributed by atoms with Gasteiger partial charge in [-0.3, -0.25) is 9.88 Å². The summed E-state index contributed by atoms with van der Waals surface area (Å²) in [4.78, 5) is 20.4. The van der Waals surface area contributed by atoms with E-state index in [9.17, 15) is 0 Å². The quantitative estimate of drug-likeness (QED) is 0.837. The van der Waals surface area contributed by atoms with Crippen LogP contribution in [0.5, 0.6) is 0 Å². The molecule has 0 atom stereocenters. The summed E-state index contributed by atoms with van der Waals surface area (Å²) >= 11 is 0. The first-order valence-corrected chi connectivity index (χ1v) is 8.11. The van der Waals surface area contributed by atoms with Crippen LogP contribution in [0.25, 0.3) is 10.9 Å². The van der Waals surface area contributed by atoms with E-state index in [0.717, 1.165) is 29.8 Å². The van der Waals surface area contributed by atoms with Gasteiger partial charge in [-0.2, -0.15) is 0 Å². The second-order valence-electron chi connectivity index (χ2n) is 6.12. The Kier molecular flexibility index (Phi) is 3.63. The molecule has 0 amide bonds. The summed E-state index contributed by atoms with van der Waals surface area (Å²) in [6, 6.07) is 2.68. The van der Waals surface area contributed by atoms with Crippen molar-refractivity contribution in [3.05, 3.63) is 24.8 Å². The van der Waals surface area contributed by atoms with E-state index in [0.29, 0.717) is 6.04 Å².